The van der Waals surface area contributed by atoms with Crippen molar-refractivity contribution < 1.29 is 18.3 Å². The van der Waals surface area contributed by atoms with Crippen molar-refractivity contribution >= 4 is 26.8 Å². The number of piperidine rings is 1. The van der Waals surface area contributed by atoms with E-state index in [4.69, 9.17) is 5.11 Å². The highest BCUT2D eigenvalue weighted by Crippen LogP contribution is 2.27. The van der Waals surface area contributed by atoms with Crippen molar-refractivity contribution in [2.45, 2.75) is 30.2 Å². The van der Waals surface area contributed by atoms with E-state index in [0.717, 1.165) is 29.3 Å². The molecule has 3 heterocycles. The molecule has 2 aromatic heterocycles. The Labute approximate surface area is 168 Å². The van der Waals surface area contributed by atoms with Crippen molar-refractivity contribution in [2.24, 2.45) is 0 Å². The zero-order chi connectivity index (χ0) is 20.6. The minimum atomic E-state index is -3.24. The molecule has 3 aromatic rings. The average molecular weight is 414 g/mol. The van der Waals surface area contributed by atoms with Gasteiger partial charge in [-0.05, 0) is 48.6 Å². The maximum Gasteiger partial charge on any atom is 0.407 e. The van der Waals surface area contributed by atoms with E-state index in [0.29, 0.717) is 30.4 Å². The minimum absolute atomic E-state index is 0.279. The van der Waals surface area contributed by atoms with E-state index in [1.165, 1.54) is 11.2 Å². The first-order valence-corrected chi connectivity index (χ1v) is 11.3. The van der Waals surface area contributed by atoms with Crippen LogP contribution in [-0.2, 0) is 16.4 Å². The molecule has 0 radical (unpaired) electrons. The van der Waals surface area contributed by atoms with Crippen molar-refractivity contribution in [1.29, 1.82) is 0 Å². The summed E-state index contributed by atoms with van der Waals surface area (Å²) < 4.78 is 25.4. The van der Waals surface area contributed by atoms with Crippen LogP contribution in [0.15, 0.2) is 47.8 Å². The highest BCUT2D eigenvalue weighted by atomic mass is 32.2. The van der Waals surface area contributed by atoms with Gasteiger partial charge in [-0.2, -0.15) is 0 Å². The van der Waals surface area contributed by atoms with Crippen LogP contribution in [-0.4, -0.2) is 58.4 Å². The molecule has 0 spiro atoms. The van der Waals surface area contributed by atoms with Gasteiger partial charge in [0.25, 0.3) is 0 Å². The van der Waals surface area contributed by atoms with Gasteiger partial charge in [0.15, 0.2) is 9.84 Å². The Morgan fingerprint density at radius 3 is 2.48 bits per heavy atom. The Kier molecular flexibility index (Phi) is 4.99. The van der Waals surface area contributed by atoms with E-state index in [9.17, 15) is 13.2 Å². The summed E-state index contributed by atoms with van der Waals surface area (Å²) in [5, 5.41) is 9.91. The predicted molar refractivity (Wildman–Crippen MR) is 108 cm³/mol. The molecule has 0 aliphatic carbocycles. The van der Waals surface area contributed by atoms with Crippen LogP contribution in [0.2, 0.25) is 0 Å². The highest BCUT2D eigenvalue weighted by molar-refractivity contribution is 7.90. The number of amides is 1. The van der Waals surface area contributed by atoms with E-state index >= 15 is 0 Å². The van der Waals surface area contributed by atoms with Crippen molar-refractivity contribution in [2.75, 3.05) is 19.3 Å². The van der Waals surface area contributed by atoms with Crippen LogP contribution in [0.1, 0.15) is 30.1 Å². The van der Waals surface area contributed by atoms with Crippen LogP contribution in [0.3, 0.4) is 0 Å². The smallest absolute Gasteiger partial charge is 0.407 e. The molecule has 9 heteroatoms. The molecule has 29 heavy (non-hydrogen) atoms. The Morgan fingerprint density at radius 2 is 1.86 bits per heavy atom. The lowest BCUT2D eigenvalue weighted by Crippen LogP contribution is -2.36. The summed E-state index contributed by atoms with van der Waals surface area (Å²) in [5.41, 5.74) is 1.96. The van der Waals surface area contributed by atoms with Crippen LogP contribution >= 0.6 is 0 Å². The number of rotatable bonds is 4. The third kappa shape index (κ3) is 4.09. The minimum Gasteiger partial charge on any atom is -0.465 e. The zero-order valence-electron chi connectivity index (χ0n) is 16.0. The van der Waals surface area contributed by atoms with Crippen molar-refractivity contribution in [3.05, 3.63) is 54.2 Å². The van der Waals surface area contributed by atoms with Crippen molar-refractivity contribution in [3.63, 3.8) is 0 Å². The maximum atomic E-state index is 11.7. The molecule has 152 valence electrons. The van der Waals surface area contributed by atoms with Gasteiger partial charge < -0.3 is 14.6 Å². The summed E-state index contributed by atoms with van der Waals surface area (Å²) in [4.78, 5) is 21.7. The molecular weight excluding hydrogens is 392 g/mol. The number of carbonyl (C=O) groups is 1. The number of hydrogen-bond acceptors (Lipinski definition) is 5. The number of sulfone groups is 1. The summed E-state index contributed by atoms with van der Waals surface area (Å²) in [5.74, 6) is 0.947. The van der Waals surface area contributed by atoms with Crippen LogP contribution in [0.5, 0.6) is 0 Å². The van der Waals surface area contributed by atoms with Gasteiger partial charge in [-0.25, -0.2) is 23.2 Å². The Bertz CT molecular complexity index is 1150. The number of fused-ring (bicyclic) bond motifs is 1. The summed E-state index contributed by atoms with van der Waals surface area (Å²) in [6.45, 7) is 1.55. The summed E-state index contributed by atoms with van der Waals surface area (Å²) in [6.07, 6.45) is 7.45. The molecule has 0 saturated carbocycles. The van der Waals surface area contributed by atoms with Crippen molar-refractivity contribution in [3.8, 4) is 0 Å². The second kappa shape index (κ2) is 7.47. The van der Waals surface area contributed by atoms with E-state index in [1.807, 2.05) is 29.2 Å². The lowest BCUT2D eigenvalue weighted by Gasteiger charge is -2.29. The van der Waals surface area contributed by atoms with E-state index in [-0.39, 0.29) is 5.92 Å². The molecular formula is C20H22N4O4S. The number of hydrogen-bond donors (Lipinski definition) is 1. The van der Waals surface area contributed by atoms with Gasteiger partial charge in [0.2, 0.25) is 0 Å². The Morgan fingerprint density at radius 1 is 1.17 bits per heavy atom. The Hall–Kier alpha value is -2.94. The zero-order valence-corrected chi connectivity index (χ0v) is 16.8. The lowest BCUT2D eigenvalue weighted by atomic mass is 9.91. The summed E-state index contributed by atoms with van der Waals surface area (Å²) in [7, 11) is -3.24. The number of carboxylic acid groups (broad SMARTS) is 1. The third-order valence-corrected chi connectivity index (χ3v) is 6.55. The molecule has 1 aliphatic heterocycles. The maximum absolute atomic E-state index is 11.7. The monoisotopic (exact) mass is 414 g/mol. The van der Waals surface area contributed by atoms with E-state index < -0.39 is 15.9 Å². The van der Waals surface area contributed by atoms with Gasteiger partial charge in [-0.1, -0.05) is 0 Å². The van der Waals surface area contributed by atoms with Gasteiger partial charge in [0, 0.05) is 48.8 Å². The predicted octanol–water partition coefficient (Wildman–Crippen LogP) is 2.74. The molecule has 1 N–H and O–H groups in total. The van der Waals surface area contributed by atoms with Crippen molar-refractivity contribution in [1.82, 2.24) is 19.4 Å². The number of benzene rings is 1. The lowest BCUT2D eigenvalue weighted by molar-refractivity contribution is 0.132. The van der Waals surface area contributed by atoms with E-state index in [2.05, 4.69) is 9.97 Å². The quantitative estimate of drug-likeness (QED) is 0.704. The SMILES string of the molecule is CS(=O)(=O)c1ccc2c(ccn2Cc2ncc(C3CCN(C(=O)O)CC3)cn2)c1. The van der Waals surface area contributed by atoms with Crippen LogP contribution in [0, 0.1) is 0 Å². The number of likely N-dealkylation sites (tertiary alicyclic amines) is 1. The third-order valence-electron chi connectivity index (χ3n) is 5.44. The molecule has 1 saturated heterocycles. The largest absolute Gasteiger partial charge is 0.465 e. The first-order chi connectivity index (χ1) is 13.8. The first-order valence-electron chi connectivity index (χ1n) is 9.39. The van der Waals surface area contributed by atoms with Gasteiger partial charge in [-0.3, -0.25) is 0 Å². The van der Waals surface area contributed by atoms with Gasteiger partial charge in [0.05, 0.1) is 11.4 Å². The molecule has 8 nitrogen and oxygen atoms in total. The fourth-order valence-electron chi connectivity index (χ4n) is 3.76. The first kappa shape index (κ1) is 19.4. The van der Waals surface area contributed by atoms with Gasteiger partial charge >= 0.3 is 6.09 Å². The Balaban J connectivity index is 1.47. The topological polar surface area (TPSA) is 105 Å². The normalized spacial score (nSPS) is 15.7. The van der Waals surface area contributed by atoms with Crippen LogP contribution in [0.25, 0.3) is 10.9 Å². The molecule has 1 amide bonds. The summed E-state index contributed by atoms with van der Waals surface area (Å²) >= 11 is 0. The second-order valence-electron chi connectivity index (χ2n) is 7.41. The molecule has 0 atom stereocenters. The standard InChI is InChI=1S/C20H22N4O4S/c1-29(27,28)17-2-3-18-15(10-17)6-9-24(18)13-19-21-11-16(12-22-19)14-4-7-23(8-5-14)20(25)26/h2-3,6,9-12,14H,4-5,7-8,13H2,1H3,(H,25,26). The molecule has 0 unspecified atom stereocenters. The molecule has 4 rings (SSSR count). The summed E-state index contributed by atoms with van der Waals surface area (Å²) in [6, 6.07) is 6.97. The van der Waals surface area contributed by atoms with Crippen LogP contribution < -0.4 is 0 Å². The number of nitrogens with zero attached hydrogens (tertiary/aromatic N) is 4. The second-order valence-corrected chi connectivity index (χ2v) is 9.43. The number of aromatic nitrogens is 3. The fraction of sp³-hybridized carbons (Fsp3) is 0.350. The molecule has 1 aliphatic rings. The highest BCUT2D eigenvalue weighted by Gasteiger charge is 2.23. The average Bonchev–Trinajstić information content (AvgIpc) is 3.10. The van der Waals surface area contributed by atoms with Gasteiger partial charge in [0.1, 0.15) is 5.82 Å². The molecule has 0 bridgehead atoms. The fourth-order valence-corrected chi connectivity index (χ4v) is 4.42. The molecule has 1 aromatic carbocycles. The van der Waals surface area contributed by atoms with E-state index in [1.54, 1.807) is 18.2 Å². The van der Waals surface area contributed by atoms with Crippen LogP contribution in [0.4, 0.5) is 4.79 Å². The molecule has 1 fully saturated rings. The van der Waals surface area contributed by atoms with Gasteiger partial charge in [-0.15, -0.1) is 0 Å².